The van der Waals surface area contributed by atoms with Crippen LogP contribution >= 0.6 is 0 Å². The first-order chi connectivity index (χ1) is 32.8. The van der Waals surface area contributed by atoms with Crippen molar-refractivity contribution in [2.75, 3.05) is 45.9 Å². The van der Waals surface area contributed by atoms with Crippen molar-refractivity contribution < 1.29 is 46.7 Å². The molecule has 0 amide bonds. The molecule has 4 aromatic carbocycles. The Labute approximate surface area is 388 Å². The van der Waals surface area contributed by atoms with Gasteiger partial charge in [-0.3, -0.25) is 29.4 Å². The Kier molecular flexibility index (Phi) is 13.4. The van der Waals surface area contributed by atoms with E-state index in [9.17, 15) is 33.1 Å². The molecule has 16 nitrogen and oxygen atoms in total. The number of oxime groups is 2. The molecule has 0 saturated carbocycles. The normalized spacial score (nSPS) is 20.2. The van der Waals surface area contributed by atoms with Crippen LogP contribution in [0.3, 0.4) is 0 Å². The number of rotatable bonds is 13. The smallest absolute Gasteiger partial charge is 0.417 e. The number of carboxylic acids is 1. The minimum atomic E-state index is -0.845. The van der Waals surface area contributed by atoms with Crippen LogP contribution in [0, 0.1) is 22.5 Å². The number of esters is 1. The fraction of sp³-hybridized carbons (Fsp3) is 0.400. The number of oxazole rings is 2. The second-order valence-electron chi connectivity index (χ2n) is 18.2. The predicted molar refractivity (Wildman–Crippen MR) is 246 cm³/mol. The quantitative estimate of drug-likeness (QED) is 0.102. The molecule has 2 aromatic heterocycles. The number of aromatic amines is 2. The molecule has 2 unspecified atom stereocenters. The molecule has 2 saturated heterocycles. The Hall–Kier alpha value is -6.92. The van der Waals surface area contributed by atoms with Gasteiger partial charge in [0.1, 0.15) is 23.8 Å². The van der Waals surface area contributed by atoms with Crippen LogP contribution < -0.4 is 11.5 Å². The van der Waals surface area contributed by atoms with Crippen molar-refractivity contribution in [3.63, 3.8) is 0 Å². The lowest BCUT2D eigenvalue weighted by Gasteiger charge is -2.40. The monoisotopic (exact) mass is 934 g/mol. The Balaban J connectivity index is 0.000000170. The summed E-state index contributed by atoms with van der Waals surface area (Å²) in [5.74, 6) is -2.58. The number of piperidine rings is 2. The first-order valence-corrected chi connectivity index (χ1v) is 22.9. The lowest BCUT2D eigenvalue weighted by atomic mass is 9.73. The summed E-state index contributed by atoms with van der Waals surface area (Å²) < 4.78 is 42.3. The lowest BCUT2D eigenvalue weighted by Crippen LogP contribution is -2.48. The zero-order valence-corrected chi connectivity index (χ0v) is 37.5. The molecule has 0 spiro atoms. The maximum absolute atomic E-state index is 13.4. The molecule has 356 valence electrons. The van der Waals surface area contributed by atoms with Crippen LogP contribution in [0.15, 0.2) is 114 Å². The second kappa shape index (κ2) is 19.7. The molecule has 4 aliphatic rings. The first kappa shape index (κ1) is 46.2. The maximum Gasteiger partial charge on any atom is 0.417 e. The maximum atomic E-state index is 13.4. The number of carbonyl (C=O) groups is 2. The topological polar surface area (TPSA) is 205 Å². The van der Waals surface area contributed by atoms with Crippen molar-refractivity contribution >= 4 is 45.6 Å². The van der Waals surface area contributed by atoms with E-state index in [0.29, 0.717) is 106 Å². The molecule has 3 N–H and O–H groups in total. The van der Waals surface area contributed by atoms with Crippen LogP contribution in [0.1, 0.15) is 67.7 Å². The number of carbonyl (C=O) groups excluding carboxylic acids is 1. The third-order valence-electron chi connectivity index (χ3n) is 13.6. The number of nitrogens with zero attached hydrogens (tertiary/aromatic N) is 4. The number of hydrogen-bond acceptors (Lipinski definition) is 13. The molecular formula is C50H52F2N6O10. The number of likely N-dealkylation sites (tertiary alicyclic amines) is 2. The highest BCUT2D eigenvalue weighted by atomic mass is 19.1. The van der Waals surface area contributed by atoms with Gasteiger partial charge in [-0.25, -0.2) is 18.4 Å². The van der Waals surface area contributed by atoms with Gasteiger partial charge in [0.15, 0.2) is 11.2 Å². The third-order valence-corrected chi connectivity index (χ3v) is 13.6. The van der Waals surface area contributed by atoms with Crippen molar-refractivity contribution in [2.24, 2.45) is 21.1 Å². The minimum absolute atomic E-state index is 0.0916. The van der Waals surface area contributed by atoms with Gasteiger partial charge in [0.25, 0.3) is 0 Å². The molecule has 6 aromatic rings. The first-order valence-electron chi connectivity index (χ1n) is 22.9. The van der Waals surface area contributed by atoms with Crippen LogP contribution in [0.4, 0.5) is 8.78 Å². The molecule has 18 heteroatoms. The Morgan fingerprint density at radius 2 is 1.10 bits per heavy atom. The van der Waals surface area contributed by atoms with Gasteiger partial charge in [-0.05, 0) is 131 Å². The van der Waals surface area contributed by atoms with E-state index in [-0.39, 0.29) is 29.8 Å². The summed E-state index contributed by atoms with van der Waals surface area (Å²) >= 11 is 0. The average Bonchev–Trinajstić information content (AvgIpc) is 4.16. The summed E-state index contributed by atoms with van der Waals surface area (Å²) in [6, 6.07) is 23.3. The number of benzene rings is 4. The number of H-pyrrole nitrogens is 2. The highest BCUT2D eigenvalue weighted by Gasteiger charge is 2.44. The standard InChI is InChI=1S/C26H28FN3O5.C24H24FN3O5/c1-2-33-24(31)26(15-17-3-6-19(27)7-4-17)9-11-30(12-10-26)16-20-14-22(29-35-20)18-5-8-21-23(13-18)34-25(32)28-21;25-17-4-1-15(2-5-17)13-24(22(29)30)7-9-28(10-8-24)14-18-12-20(27-33-18)16-3-6-19-21(11-16)32-23(31)26-19/h3-8,13,20H,2,9-12,14-16H2,1H3,(H,28,32);1-6,11,18H,7-10,12-14H2,(H,26,31)(H,29,30). The number of fused-ring (bicyclic) bond motifs is 2. The van der Waals surface area contributed by atoms with Crippen LogP contribution in [0.5, 0.6) is 0 Å². The minimum Gasteiger partial charge on any atom is -0.481 e. The predicted octanol–water partition coefficient (Wildman–Crippen LogP) is 6.80. The van der Waals surface area contributed by atoms with E-state index < -0.39 is 28.3 Å². The molecule has 68 heavy (non-hydrogen) atoms. The van der Waals surface area contributed by atoms with Crippen molar-refractivity contribution in [2.45, 2.75) is 70.5 Å². The van der Waals surface area contributed by atoms with E-state index in [4.69, 9.17) is 23.2 Å². The fourth-order valence-corrected chi connectivity index (χ4v) is 9.74. The molecule has 0 radical (unpaired) electrons. The van der Waals surface area contributed by atoms with Crippen LogP contribution in [0.25, 0.3) is 22.2 Å². The average molecular weight is 935 g/mol. The van der Waals surface area contributed by atoms with Gasteiger partial charge in [0.05, 0.1) is 39.9 Å². The third kappa shape index (κ3) is 10.5. The largest absolute Gasteiger partial charge is 0.481 e. The number of aromatic nitrogens is 2. The summed E-state index contributed by atoms with van der Waals surface area (Å²) in [6.45, 7) is 6.25. The number of aliphatic carboxylic acids is 1. The van der Waals surface area contributed by atoms with E-state index in [2.05, 4.69) is 30.1 Å². The summed E-state index contributed by atoms with van der Waals surface area (Å²) in [6.07, 6.45) is 4.33. The van der Waals surface area contributed by atoms with E-state index >= 15 is 0 Å². The molecule has 2 atom stereocenters. The van der Waals surface area contributed by atoms with E-state index in [0.717, 1.165) is 46.8 Å². The summed E-state index contributed by atoms with van der Waals surface area (Å²) in [5.41, 5.74) is 5.87. The summed E-state index contributed by atoms with van der Waals surface area (Å²) in [4.78, 5) is 68.9. The van der Waals surface area contributed by atoms with Crippen LogP contribution in [-0.2, 0) is 36.8 Å². The van der Waals surface area contributed by atoms with Crippen LogP contribution in [-0.4, -0.2) is 106 Å². The fourth-order valence-electron chi connectivity index (χ4n) is 9.74. The van der Waals surface area contributed by atoms with Gasteiger partial charge in [0.2, 0.25) is 0 Å². The van der Waals surface area contributed by atoms with Gasteiger partial charge in [-0.1, -0.05) is 46.7 Å². The zero-order chi connectivity index (χ0) is 47.4. The van der Waals surface area contributed by atoms with Crippen molar-refractivity contribution in [1.82, 2.24) is 19.8 Å². The van der Waals surface area contributed by atoms with E-state index in [1.807, 2.05) is 19.1 Å². The molecule has 2 fully saturated rings. The molecule has 6 heterocycles. The van der Waals surface area contributed by atoms with Gasteiger partial charge in [-0.2, -0.15) is 0 Å². The molecule has 4 aliphatic heterocycles. The van der Waals surface area contributed by atoms with Crippen molar-refractivity contribution in [3.05, 3.63) is 140 Å². The van der Waals surface area contributed by atoms with Gasteiger partial charge < -0.3 is 28.4 Å². The van der Waals surface area contributed by atoms with Gasteiger partial charge in [0, 0.05) is 37.1 Å². The number of ether oxygens (including phenoxy) is 1. The lowest BCUT2D eigenvalue weighted by molar-refractivity contribution is -0.159. The highest BCUT2D eigenvalue weighted by Crippen LogP contribution is 2.38. The Morgan fingerprint density at radius 1 is 0.676 bits per heavy atom. The summed E-state index contributed by atoms with van der Waals surface area (Å²) in [7, 11) is 0. The number of hydrogen-bond donors (Lipinski definition) is 3. The van der Waals surface area contributed by atoms with E-state index in [1.165, 1.54) is 24.3 Å². The SMILES string of the molecule is CCOC(=O)C1(Cc2ccc(F)cc2)CCN(CC2CC(c3ccc4[nH]c(=O)oc4c3)=NO2)CC1.O=C(O)C1(Cc2ccc(F)cc2)CCN(CC2CC(c3ccc4[nH]c(=O)oc4c3)=NO2)CC1. The highest BCUT2D eigenvalue weighted by molar-refractivity contribution is 6.03. The molecule has 0 aliphatic carbocycles. The van der Waals surface area contributed by atoms with Crippen molar-refractivity contribution in [3.8, 4) is 0 Å². The van der Waals surface area contributed by atoms with Gasteiger partial charge >= 0.3 is 23.5 Å². The van der Waals surface area contributed by atoms with E-state index in [1.54, 1.807) is 48.5 Å². The molecule has 10 rings (SSSR count). The summed E-state index contributed by atoms with van der Waals surface area (Å²) in [5, 5.41) is 18.4. The second-order valence-corrected chi connectivity index (χ2v) is 18.2. The Morgan fingerprint density at radius 3 is 1.53 bits per heavy atom. The van der Waals surface area contributed by atoms with Crippen LogP contribution in [0.2, 0.25) is 0 Å². The number of nitrogens with one attached hydrogen (secondary N) is 2. The number of carboxylic acid groups (broad SMARTS) is 1. The molecular weight excluding hydrogens is 883 g/mol. The zero-order valence-electron chi connectivity index (χ0n) is 37.5. The Bertz CT molecular complexity index is 2940. The van der Waals surface area contributed by atoms with Crippen molar-refractivity contribution in [1.29, 1.82) is 0 Å². The number of halogens is 2. The van der Waals surface area contributed by atoms with Gasteiger partial charge in [-0.15, -0.1) is 0 Å². The molecule has 0 bridgehead atoms.